The Hall–Kier alpha value is -1.14. The van der Waals surface area contributed by atoms with Gasteiger partial charge in [0.1, 0.15) is 0 Å². The highest BCUT2D eigenvalue weighted by molar-refractivity contribution is 7.13. The molecule has 2 aliphatic rings. The molecule has 0 atom stereocenters. The summed E-state index contributed by atoms with van der Waals surface area (Å²) in [6.07, 6.45) is 5.12. The first kappa shape index (κ1) is 12.9. The average Bonchev–Trinajstić information content (AvgIpc) is 2.93. The highest BCUT2D eigenvalue weighted by Crippen LogP contribution is 2.49. The standard InChI is InChI=1S/C13H21N5S/c14-11(15)9-13(1-2-13)10-17-4-6-18(7-5-17)12-16-3-8-19-12/h3,8H,1-2,4-7,9-10H2,(H3,14,15). The quantitative estimate of drug-likeness (QED) is 0.631. The number of anilines is 1. The Morgan fingerprint density at radius 1 is 1.37 bits per heavy atom. The third-order valence-electron chi connectivity index (χ3n) is 4.14. The Morgan fingerprint density at radius 2 is 2.11 bits per heavy atom. The minimum atomic E-state index is 0.329. The first-order chi connectivity index (χ1) is 9.17. The minimum absolute atomic E-state index is 0.329. The first-order valence-electron chi connectivity index (χ1n) is 6.87. The molecule has 6 heteroatoms. The fourth-order valence-corrected chi connectivity index (χ4v) is 3.61. The molecule has 1 aromatic rings. The molecule has 1 aromatic heterocycles. The summed E-state index contributed by atoms with van der Waals surface area (Å²) in [4.78, 5) is 9.27. The normalized spacial score (nSPS) is 22.4. The summed E-state index contributed by atoms with van der Waals surface area (Å²) in [6, 6.07) is 0. The van der Waals surface area contributed by atoms with Crippen LogP contribution in [0.4, 0.5) is 5.13 Å². The molecule has 0 bridgehead atoms. The van der Waals surface area contributed by atoms with Gasteiger partial charge < -0.3 is 10.6 Å². The number of thiazole rings is 1. The van der Waals surface area contributed by atoms with Crippen molar-refractivity contribution in [2.75, 3.05) is 37.6 Å². The number of nitrogens with two attached hydrogens (primary N) is 1. The minimum Gasteiger partial charge on any atom is -0.388 e. The molecule has 1 saturated heterocycles. The Kier molecular flexibility index (Phi) is 3.45. The van der Waals surface area contributed by atoms with E-state index in [1.54, 1.807) is 11.3 Å². The van der Waals surface area contributed by atoms with Crippen LogP contribution in [0.2, 0.25) is 0 Å². The monoisotopic (exact) mass is 279 g/mol. The molecule has 0 spiro atoms. The summed E-state index contributed by atoms with van der Waals surface area (Å²) < 4.78 is 0. The molecule has 0 aromatic carbocycles. The van der Waals surface area contributed by atoms with Gasteiger partial charge in [-0.3, -0.25) is 10.3 Å². The van der Waals surface area contributed by atoms with Gasteiger partial charge in [-0.15, -0.1) is 11.3 Å². The number of rotatable bonds is 5. The molecule has 5 nitrogen and oxygen atoms in total. The maximum Gasteiger partial charge on any atom is 0.185 e. The van der Waals surface area contributed by atoms with Crippen LogP contribution < -0.4 is 10.6 Å². The van der Waals surface area contributed by atoms with E-state index >= 15 is 0 Å². The van der Waals surface area contributed by atoms with Crippen molar-refractivity contribution in [1.82, 2.24) is 9.88 Å². The third kappa shape index (κ3) is 3.06. The van der Waals surface area contributed by atoms with Gasteiger partial charge in [0.05, 0.1) is 5.84 Å². The molecular weight excluding hydrogens is 258 g/mol. The summed E-state index contributed by atoms with van der Waals surface area (Å²) in [5.74, 6) is 0.346. The highest BCUT2D eigenvalue weighted by atomic mass is 32.1. The smallest absolute Gasteiger partial charge is 0.185 e. The predicted molar refractivity (Wildman–Crippen MR) is 79.0 cm³/mol. The van der Waals surface area contributed by atoms with Crippen LogP contribution in [0.25, 0.3) is 0 Å². The average molecular weight is 279 g/mol. The van der Waals surface area contributed by atoms with E-state index in [0.717, 1.165) is 44.3 Å². The highest BCUT2D eigenvalue weighted by Gasteiger charge is 2.44. The van der Waals surface area contributed by atoms with E-state index in [1.165, 1.54) is 12.8 Å². The lowest BCUT2D eigenvalue weighted by atomic mass is 10.0. The van der Waals surface area contributed by atoms with Crippen LogP contribution in [0.15, 0.2) is 11.6 Å². The number of piperazine rings is 1. The van der Waals surface area contributed by atoms with Crippen molar-refractivity contribution < 1.29 is 0 Å². The van der Waals surface area contributed by atoms with Gasteiger partial charge in [-0.1, -0.05) is 0 Å². The summed E-state index contributed by atoms with van der Waals surface area (Å²) >= 11 is 1.72. The number of nitrogens with one attached hydrogen (secondary N) is 1. The Balaban J connectivity index is 1.49. The van der Waals surface area contributed by atoms with Gasteiger partial charge in [-0.2, -0.15) is 0 Å². The van der Waals surface area contributed by atoms with Crippen LogP contribution in [-0.4, -0.2) is 48.4 Å². The van der Waals surface area contributed by atoms with Crippen LogP contribution >= 0.6 is 11.3 Å². The van der Waals surface area contributed by atoms with Crippen molar-refractivity contribution in [2.24, 2.45) is 11.1 Å². The van der Waals surface area contributed by atoms with Gasteiger partial charge in [-0.05, 0) is 18.3 Å². The van der Waals surface area contributed by atoms with Crippen molar-refractivity contribution in [2.45, 2.75) is 19.3 Å². The third-order valence-corrected chi connectivity index (χ3v) is 4.98. The number of hydrogen-bond donors (Lipinski definition) is 2. The fraction of sp³-hybridized carbons (Fsp3) is 0.692. The molecule has 0 radical (unpaired) electrons. The lowest BCUT2D eigenvalue weighted by Gasteiger charge is -2.36. The molecule has 0 unspecified atom stereocenters. The van der Waals surface area contributed by atoms with Gasteiger partial charge in [0.25, 0.3) is 0 Å². The van der Waals surface area contributed by atoms with Crippen molar-refractivity contribution in [3.63, 3.8) is 0 Å². The number of nitrogens with zero attached hydrogens (tertiary/aromatic N) is 3. The van der Waals surface area contributed by atoms with Gasteiger partial charge in [-0.25, -0.2) is 4.98 Å². The summed E-state index contributed by atoms with van der Waals surface area (Å²) in [5, 5.41) is 10.7. The Bertz CT molecular complexity index is 432. The van der Waals surface area contributed by atoms with E-state index in [0.29, 0.717) is 11.3 Å². The molecule has 2 fully saturated rings. The molecule has 1 aliphatic heterocycles. The summed E-state index contributed by atoms with van der Waals surface area (Å²) in [5.41, 5.74) is 5.89. The van der Waals surface area contributed by atoms with Gasteiger partial charge in [0.15, 0.2) is 5.13 Å². The van der Waals surface area contributed by atoms with Gasteiger partial charge in [0, 0.05) is 50.7 Å². The van der Waals surface area contributed by atoms with Crippen LogP contribution in [0, 0.1) is 10.8 Å². The molecule has 0 amide bonds. The van der Waals surface area contributed by atoms with E-state index in [2.05, 4.69) is 14.8 Å². The van der Waals surface area contributed by atoms with Crippen LogP contribution in [0.1, 0.15) is 19.3 Å². The summed E-state index contributed by atoms with van der Waals surface area (Å²) in [6.45, 7) is 5.42. The number of aromatic nitrogens is 1. The van der Waals surface area contributed by atoms with Crippen molar-refractivity contribution in [1.29, 1.82) is 5.41 Å². The maximum absolute atomic E-state index is 7.48. The lowest BCUT2D eigenvalue weighted by molar-refractivity contribution is 0.210. The zero-order chi connectivity index (χ0) is 13.3. The Labute approximate surface area is 117 Å². The molecule has 1 saturated carbocycles. The molecule has 2 heterocycles. The number of hydrogen-bond acceptors (Lipinski definition) is 5. The van der Waals surface area contributed by atoms with Gasteiger partial charge >= 0.3 is 0 Å². The number of amidine groups is 1. The molecule has 19 heavy (non-hydrogen) atoms. The zero-order valence-electron chi connectivity index (χ0n) is 11.1. The molecular formula is C13H21N5S. The van der Waals surface area contributed by atoms with Crippen molar-refractivity contribution >= 4 is 22.3 Å². The maximum atomic E-state index is 7.48. The van der Waals surface area contributed by atoms with E-state index in [1.807, 2.05) is 11.6 Å². The van der Waals surface area contributed by atoms with E-state index < -0.39 is 0 Å². The van der Waals surface area contributed by atoms with Gasteiger partial charge in [0.2, 0.25) is 0 Å². The van der Waals surface area contributed by atoms with Crippen molar-refractivity contribution in [3.05, 3.63) is 11.6 Å². The SMILES string of the molecule is N=C(N)CC1(CN2CCN(c3nccs3)CC2)CC1. The summed E-state index contributed by atoms with van der Waals surface area (Å²) in [7, 11) is 0. The van der Waals surface area contributed by atoms with Crippen LogP contribution in [0.5, 0.6) is 0 Å². The molecule has 3 rings (SSSR count). The second kappa shape index (κ2) is 5.09. The molecule has 1 aliphatic carbocycles. The lowest BCUT2D eigenvalue weighted by Crippen LogP contribution is -2.48. The van der Waals surface area contributed by atoms with Crippen LogP contribution in [-0.2, 0) is 0 Å². The second-order valence-corrected chi connectivity index (χ2v) is 6.65. The predicted octanol–water partition coefficient (Wildman–Crippen LogP) is 1.37. The molecule has 3 N–H and O–H groups in total. The topological polar surface area (TPSA) is 69.2 Å². The molecule has 104 valence electrons. The first-order valence-corrected chi connectivity index (χ1v) is 7.75. The van der Waals surface area contributed by atoms with E-state index in [9.17, 15) is 0 Å². The van der Waals surface area contributed by atoms with E-state index in [4.69, 9.17) is 11.1 Å². The van der Waals surface area contributed by atoms with E-state index in [-0.39, 0.29) is 0 Å². The van der Waals surface area contributed by atoms with Crippen molar-refractivity contribution in [3.8, 4) is 0 Å². The fourth-order valence-electron chi connectivity index (χ4n) is 2.92. The zero-order valence-corrected chi connectivity index (χ0v) is 12.0. The Morgan fingerprint density at radius 3 is 2.63 bits per heavy atom. The second-order valence-electron chi connectivity index (χ2n) is 5.78. The largest absolute Gasteiger partial charge is 0.388 e. The van der Waals surface area contributed by atoms with Crippen LogP contribution in [0.3, 0.4) is 0 Å².